The van der Waals surface area contributed by atoms with Crippen LogP contribution in [-0.4, -0.2) is 18.2 Å². The van der Waals surface area contributed by atoms with Gasteiger partial charge in [0.25, 0.3) is 0 Å². The summed E-state index contributed by atoms with van der Waals surface area (Å²) in [5.41, 5.74) is 2.22. The monoisotopic (exact) mass is 270 g/mol. The van der Waals surface area contributed by atoms with Crippen LogP contribution in [0.3, 0.4) is 0 Å². The topological polar surface area (TPSA) is 43.4 Å². The Bertz CT molecular complexity index is 572. The van der Waals surface area contributed by atoms with E-state index in [2.05, 4.69) is 23.3 Å². The Morgan fingerprint density at radius 1 is 1.15 bits per heavy atom. The van der Waals surface area contributed by atoms with E-state index >= 15 is 0 Å². The molecule has 3 rings (SSSR count). The summed E-state index contributed by atoms with van der Waals surface area (Å²) in [6.45, 7) is 4.13. The average molecular weight is 270 g/mol. The number of hydrogen-bond donors (Lipinski definition) is 1. The molecule has 0 aliphatic carbocycles. The van der Waals surface area contributed by atoms with Crippen LogP contribution in [0.4, 0.5) is 0 Å². The molecule has 1 atom stereocenters. The largest absolute Gasteiger partial charge is 0.486 e. The molecule has 0 radical (unpaired) electrons. The van der Waals surface area contributed by atoms with Crippen LogP contribution < -0.4 is 14.8 Å². The van der Waals surface area contributed by atoms with E-state index in [1.807, 2.05) is 36.5 Å². The lowest BCUT2D eigenvalue weighted by molar-refractivity contribution is 0.171. The zero-order valence-corrected chi connectivity index (χ0v) is 11.5. The average Bonchev–Trinajstić information content (AvgIpc) is 2.53. The molecule has 1 aromatic heterocycles. The molecule has 0 fully saturated rings. The Hall–Kier alpha value is -2.07. The highest BCUT2D eigenvalue weighted by Crippen LogP contribution is 2.30. The van der Waals surface area contributed by atoms with Crippen LogP contribution in [0.15, 0.2) is 42.6 Å². The van der Waals surface area contributed by atoms with Gasteiger partial charge in [-0.1, -0.05) is 12.1 Å². The zero-order chi connectivity index (χ0) is 13.8. The number of nitrogens with zero attached hydrogens (tertiary/aromatic N) is 1. The fourth-order valence-electron chi connectivity index (χ4n) is 2.21. The molecule has 20 heavy (non-hydrogen) atoms. The minimum absolute atomic E-state index is 0.212. The minimum atomic E-state index is 0.212. The number of hydrogen-bond acceptors (Lipinski definition) is 4. The molecule has 2 aromatic rings. The quantitative estimate of drug-likeness (QED) is 0.927. The van der Waals surface area contributed by atoms with Crippen LogP contribution in [0.5, 0.6) is 11.5 Å². The summed E-state index contributed by atoms with van der Waals surface area (Å²) < 4.78 is 11.1. The highest BCUT2D eigenvalue weighted by atomic mass is 16.6. The van der Waals surface area contributed by atoms with Gasteiger partial charge in [-0.2, -0.15) is 0 Å². The zero-order valence-electron chi connectivity index (χ0n) is 11.5. The first-order valence-electron chi connectivity index (χ1n) is 6.86. The number of fused-ring (bicyclic) bond motifs is 1. The molecule has 0 saturated heterocycles. The highest BCUT2D eigenvalue weighted by Gasteiger charge is 2.12. The second-order valence-electron chi connectivity index (χ2n) is 4.84. The standard InChI is InChI=1S/C16H18N2O2/c1-12(14-4-2-3-7-17-14)18-11-13-5-6-15-16(10-13)20-9-8-19-15/h2-7,10,12,18H,8-9,11H2,1H3/t12-/m0/s1. The normalized spacial score (nSPS) is 14.8. The molecule has 0 spiro atoms. The number of aromatic nitrogens is 1. The second kappa shape index (κ2) is 5.92. The van der Waals surface area contributed by atoms with Crippen molar-refractivity contribution < 1.29 is 9.47 Å². The molecule has 1 aliphatic rings. The lowest BCUT2D eigenvalue weighted by Gasteiger charge is -2.19. The van der Waals surface area contributed by atoms with Gasteiger partial charge in [-0.05, 0) is 36.8 Å². The van der Waals surface area contributed by atoms with Gasteiger partial charge in [0.15, 0.2) is 11.5 Å². The molecule has 0 unspecified atom stereocenters. The van der Waals surface area contributed by atoms with Crippen molar-refractivity contribution in [1.82, 2.24) is 10.3 Å². The fraction of sp³-hybridized carbons (Fsp3) is 0.312. The van der Waals surface area contributed by atoms with E-state index in [9.17, 15) is 0 Å². The smallest absolute Gasteiger partial charge is 0.161 e. The molecule has 4 nitrogen and oxygen atoms in total. The molecule has 2 heterocycles. The molecule has 1 N–H and O–H groups in total. The van der Waals surface area contributed by atoms with Gasteiger partial charge < -0.3 is 14.8 Å². The minimum Gasteiger partial charge on any atom is -0.486 e. The summed E-state index contributed by atoms with van der Waals surface area (Å²) in [5.74, 6) is 1.67. The summed E-state index contributed by atoms with van der Waals surface area (Å²) in [6, 6.07) is 12.2. The van der Waals surface area contributed by atoms with E-state index in [4.69, 9.17) is 9.47 Å². The third kappa shape index (κ3) is 2.91. The van der Waals surface area contributed by atoms with Crippen molar-refractivity contribution in [3.05, 3.63) is 53.9 Å². The second-order valence-corrected chi connectivity index (χ2v) is 4.84. The molecule has 104 valence electrons. The van der Waals surface area contributed by atoms with Crippen LogP contribution >= 0.6 is 0 Å². The maximum atomic E-state index is 5.59. The maximum absolute atomic E-state index is 5.59. The number of rotatable bonds is 4. The van der Waals surface area contributed by atoms with Gasteiger partial charge in [-0.15, -0.1) is 0 Å². The van der Waals surface area contributed by atoms with Crippen LogP contribution in [0.1, 0.15) is 24.2 Å². The van der Waals surface area contributed by atoms with Gasteiger partial charge in [-0.25, -0.2) is 0 Å². The third-order valence-corrected chi connectivity index (χ3v) is 3.35. The first-order chi connectivity index (χ1) is 9.83. The number of nitrogens with one attached hydrogen (secondary N) is 1. The molecule has 0 saturated carbocycles. The van der Waals surface area contributed by atoms with Crippen molar-refractivity contribution in [2.75, 3.05) is 13.2 Å². The van der Waals surface area contributed by atoms with E-state index in [0.717, 1.165) is 23.7 Å². The predicted octanol–water partition coefficient (Wildman–Crippen LogP) is 2.70. The van der Waals surface area contributed by atoms with Crippen molar-refractivity contribution in [3.63, 3.8) is 0 Å². The Kier molecular flexibility index (Phi) is 3.83. The fourth-order valence-corrected chi connectivity index (χ4v) is 2.21. The van der Waals surface area contributed by atoms with Gasteiger partial charge >= 0.3 is 0 Å². The molecule has 0 amide bonds. The first-order valence-corrected chi connectivity index (χ1v) is 6.86. The summed E-state index contributed by atoms with van der Waals surface area (Å²) in [5, 5.41) is 3.46. The summed E-state index contributed by atoms with van der Waals surface area (Å²) in [4.78, 5) is 4.35. The Morgan fingerprint density at radius 3 is 2.80 bits per heavy atom. The third-order valence-electron chi connectivity index (χ3n) is 3.35. The molecular formula is C16H18N2O2. The van der Waals surface area contributed by atoms with Gasteiger partial charge in [-0.3, -0.25) is 4.98 Å². The van der Waals surface area contributed by atoms with E-state index in [1.165, 1.54) is 5.56 Å². The molecule has 1 aliphatic heterocycles. The van der Waals surface area contributed by atoms with Crippen LogP contribution in [0.25, 0.3) is 0 Å². The van der Waals surface area contributed by atoms with Crippen molar-refractivity contribution >= 4 is 0 Å². The van der Waals surface area contributed by atoms with Gasteiger partial charge in [0.05, 0.1) is 5.69 Å². The maximum Gasteiger partial charge on any atom is 0.161 e. The lowest BCUT2D eigenvalue weighted by Crippen LogP contribution is -2.19. The summed E-state index contributed by atoms with van der Waals surface area (Å²) in [6.07, 6.45) is 1.82. The van der Waals surface area contributed by atoms with Crippen molar-refractivity contribution in [2.45, 2.75) is 19.5 Å². The van der Waals surface area contributed by atoms with E-state index in [1.54, 1.807) is 0 Å². The van der Waals surface area contributed by atoms with Crippen LogP contribution in [0, 0.1) is 0 Å². The number of pyridine rings is 1. The molecule has 0 bridgehead atoms. The number of benzene rings is 1. The van der Waals surface area contributed by atoms with Crippen molar-refractivity contribution in [3.8, 4) is 11.5 Å². The molecule has 4 heteroatoms. The van der Waals surface area contributed by atoms with Gasteiger partial charge in [0, 0.05) is 18.8 Å². The SMILES string of the molecule is C[C@H](NCc1ccc2c(c1)OCCO2)c1ccccn1. The van der Waals surface area contributed by atoms with Gasteiger partial charge in [0.1, 0.15) is 13.2 Å². The summed E-state index contributed by atoms with van der Waals surface area (Å²) in [7, 11) is 0. The van der Waals surface area contributed by atoms with Crippen molar-refractivity contribution in [1.29, 1.82) is 0 Å². The first kappa shape index (κ1) is 12.9. The summed E-state index contributed by atoms with van der Waals surface area (Å²) >= 11 is 0. The molecular weight excluding hydrogens is 252 g/mol. The highest BCUT2D eigenvalue weighted by molar-refractivity contribution is 5.43. The Labute approximate surface area is 118 Å². The predicted molar refractivity (Wildman–Crippen MR) is 76.9 cm³/mol. The van der Waals surface area contributed by atoms with E-state index < -0.39 is 0 Å². The van der Waals surface area contributed by atoms with E-state index in [0.29, 0.717) is 13.2 Å². The van der Waals surface area contributed by atoms with Crippen LogP contribution in [-0.2, 0) is 6.54 Å². The van der Waals surface area contributed by atoms with E-state index in [-0.39, 0.29) is 6.04 Å². The van der Waals surface area contributed by atoms with Crippen LogP contribution in [0.2, 0.25) is 0 Å². The van der Waals surface area contributed by atoms with Gasteiger partial charge in [0.2, 0.25) is 0 Å². The Morgan fingerprint density at radius 2 is 2.00 bits per heavy atom. The molecule has 1 aromatic carbocycles. The Balaban J connectivity index is 1.64. The number of ether oxygens (including phenoxy) is 2. The lowest BCUT2D eigenvalue weighted by atomic mass is 10.1. The van der Waals surface area contributed by atoms with Crippen molar-refractivity contribution in [2.24, 2.45) is 0 Å².